The highest BCUT2D eigenvalue weighted by Crippen LogP contribution is 2.40. The van der Waals surface area contributed by atoms with Crippen LogP contribution in [-0.2, 0) is 5.41 Å². The minimum atomic E-state index is -0.530. The van der Waals surface area contributed by atoms with Crippen LogP contribution in [-0.4, -0.2) is 9.67 Å². The topological polar surface area (TPSA) is 42.2 Å². The number of hydrogen-bond acceptors (Lipinski definition) is 2. The Morgan fingerprint density at radius 2 is 1.58 bits per heavy atom. The Morgan fingerprint density at radius 3 is 2.12 bits per heavy atom. The van der Waals surface area contributed by atoms with Crippen LogP contribution in [0.15, 0.2) is 59.4 Å². The van der Waals surface area contributed by atoms with Crippen LogP contribution >= 0.6 is 11.6 Å². The summed E-state index contributed by atoms with van der Waals surface area (Å²) in [5.74, 6) is -0.640. The molecule has 0 radical (unpaired) electrons. The SMILES string of the molecule is CC(C)(C)c1c(Cl)c(O)c(-c2ccccc2)c(=O)n1-c1ccc(F)cc1. The number of aromatic hydroxyl groups is 1. The number of aromatic nitrogens is 1. The van der Waals surface area contributed by atoms with Crippen LogP contribution in [0.5, 0.6) is 5.75 Å². The molecule has 1 heterocycles. The summed E-state index contributed by atoms with van der Waals surface area (Å²) in [5.41, 5.74) is 0.696. The van der Waals surface area contributed by atoms with Crippen LogP contribution < -0.4 is 5.56 Å². The van der Waals surface area contributed by atoms with Gasteiger partial charge >= 0.3 is 0 Å². The van der Waals surface area contributed by atoms with E-state index in [1.807, 2.05) is 26.8 Å². The van der Waals surface area contributed by atoms with Gasteiger partial charge in [0.05, 0.1) is 11.3 Å². The number of benzene rings is 2. The summed E-state index contributed by atoms with van der Waals surface area (Å²) < 4.78 is 14.8. The molecule has 0 bridgehead atoms. The molecule has 0 atom stereocenters. The van der Waals surface area contributed by atoms with Crippen molar-refractivity contribution < 1.29 is 9.50 Å². The lowest BCUT2D eigenvalue weighted by Crippen LogP contribution is -2.30. The molecule has 0 saturated heterocycles. The summed E-state index contributed by atoms with van der Waals surface area (Å²) in [6.07, 6.45) is 0. The highest BCUT2D eigenvalue weighted by Gasteiger charge is 2.29. The summed E-state index contributed by atoms with van der Waals surface area (Å²) in [6.45, 7) is 5.69. The lowest BCUT2D eigenvalue weighted by Gasteiger charge is -2.27. The van der Waals surface area contributed by atoms with Gasteiger partial charge in [0.25, 0.3) is 5.56 Å². The summed E-state index contributed by atoms with van der Waals surface area (Å²) in [4.78, 5) is 13.3. The maximum atomic E-state index is 13.4. The largest absolute Gasteiger partial charge is 0.505 e. The molecule has 0 aliphatic heterocycles. The first kappa shape index (κ1) is 18.2. The van der Waals surface area contributed by atoms with E-state index in [2.05, 4.69) is 0 Å². The highest BCUT2D eigenvalue weighted by molar-refractivity contribution is 6.33. The van der Waals surface area contributed by atoms with E-state index in [4.69, 9.17) is 11.6 Å². The Bertz CT molecular complexity index is 1000. The normalized spacial score (nSPS) is 11.6. The number of halogens is 2. The highest BCUT2D eigenvalue weighted by atomic mass is 35.5. The van der Waals surface area contributed by atoms with Crippen LogP contribution in [0.25, 0.3) is 16.8 Å². The molecule has 1 aromatic heterocycles. The number of rotatable bonds is 2. The molecule has 0 fully saturated rings. The van der Waals surface area contributed by atoms with Crippen molar-refractivity contribution in [3.05, 3.63) is 81.5 Å². The first-order valence-corrected chi connectivity index (χ1v) is 8.59. The van der Waals surface area contributed by atoms with Gasteiger partial charge < -0.3 is 5.11 Å². The van der Waals surface area contributed by atoms with E-state index in [0.717, 1.165) is 0 Å². The minimum Gasteiger partial charge on any atom is -0.505 e. The second kappa shape index (κ2) is 6.61. The standard InChI is InChI=1S/C21H19ClFNO2/c1-21(2,3)19-17(22)18(25)16(13-7-5-4-6-8-13)20(26)24(19)15-11-9-14(23)10-12-15/h4-12,25H,1-3H3. The average Bonchev–Trinajstić information content (AvgIpc) is 2.59. The summed E-state index contributed by atoms with van der Waals surface area (Å²) in [6, 6.07) is 14.5. The van der Waals surface area contributed by atoms with Gasteiger partial charge in [0.1, 0.15) is 16.6 Å². The summed E-state index contributed by atoms with van der Waals surface area (Å²) in [5, 5.41) is 10.8. The third-order valence-electron chi connectivity index (χ3n) is 4.15. The van der Waals surface area contributed by atoms with E-state index in [-0.39, 0.29) is 16.3 Å². The molecule has 1 N–H and O–H groups in total. The molecule has 5 heteroatoms. The molecule has 0 aliphatic carbocycles. The van der Waals surface area contributed by atoms with Crippen molar-refractivity contribution in [1.82, 2.24) is 4.57 Å². The van der Waals surface area contributed by atoms with Gasteiger partial charge in [-0.15, -0.1) is 0 Å². The van der Waals surface area contributed by atoms with E-state index in [1.54, 1.807) is 24.3 Å². The molecule has 3 rings (SSSR count). The van der Waals surface area contributed by atoms with Crippen LogP contribution in [0.3, 0.4) is 0 Å². The fraction of sp³-hybridized carbons (Fsp3) is 0.190. The lowest BCUT2D eigenvalue weighted by molar-refractivity contribution is 0.466. The summed E-state index contributed by atoms with van der Waals surface area (Å²) >= 11 is 6.51. The molecule has 3 aromatic rings. The Kier molecular flexibility index (Phi) is 4.63. The molecular weight excluding hydrogens is 353 g/mol. The molecule has 3 nitrogen and oxygen atoms in total. The Morgan fingerprint density at radius 1 is 1.00 bits per heavy atom. The zero-order chi connectivity index (χ0) is 19.1. The third-order valence-corrected chi connectivity index (χ3v) is 4.51. The van der Waals surface area contributed by atoms with Gasteiger partial charge in [-0.25, -0.2) is 4.39 Å². The van der Waals surface area contributed by atoms with Gasteiger partial charge in [0.15, 0.2) is 0 Å². The monoisotopic (exact) mass is 371 g/mol. The second-order valence-electron chi connectivity index (χ2n) is 7.12. The maximum Gasteiger partial charge on any atom is 0.267 e. The first-order chi connectivity index (χ1) is 12.2. The number of hydrogen-bond donors (Lipinski definition) is 1. The lowest BCUT2D eigenvalue weighted by atomic mass is 9.89. The molecular formula is C21H19ClFNO2. The zero-order valence-corrected chi connectivity index (χ0v) is 15.5. The predicted molar refractivity (Wildman–Crippen MR) is 103 cm³/mol. The van der Waals surface area contributed by atoms with Crippen molar-refractivity contribution in [2.75, 3.05) is 0 Å². The van der Waals surface area contributed by atoms with E-state index in [0.29, 0.717) is 16.9 Å². The second-order valence-corrected chi connectivity index (χ2v) is 7.50. The van der Waals surface area contributed by atoms with Gasteiger partial charge in [-0.3, -0.25) is 9.36 Å². The Labute approximate surface area is 156 Å². The van der Waals surface area contributed by atoms with Crippen LogP contribution in [0.1, 0.15) is 26.5 Å². The van der Waals surface area contributed by atoms with Crippen molar-refractivity contribution in [1.29, 1.82) is 0 Å². The first-order valence-electron chi connectivity index (χ1n) is 8.21. The molecule has 0 saturated carbocycles. The van der Waals surface area contributed by atoms with Crippen molar-refractivity contribution in [3.8, 4) is 22.6 Å². The quantitative estimate of drug-likeness (QED) is 0.664. The number of pyridine rings is 1. The van der Waals surface area contributed by atoms with Gasteiger partial charge in [0, 0.05) is 11.1 Å². The molecule has 2 aromatic carbocycles. The fourth-order valence-electron chi connectivity index (χ4n) is 3.00. The van der Waals surface area contributed by atoms with E-state index < -0.39 is 16.8 Å². The van der Waals surface area contributed by atoms with E-state index >= 15 is 0 Å². The van der Waals surface area contributed by atoms with Gasteiger partial charge in [0.2, 0.25) is 0 Å². The summed E-state index contributed by atoms with van der Waals surface area (Å²) in [7, 11) is 0. The van der Waals surface area contributed by atoms with Gasteiger partial charge in [-0.05, 0) is 29.8 Å². The minimum absolute atomic E-state index is 0.111. The molecule has 0 amide bonds. The molecule has 0 aliphatic rings. The van der Waals surface area contributed by atoms with Crippen molar-refractivity contribution >= 4 is 11.6 Å². The molecule has 26 heavy (non-hydrogen) atoms. The van der Waals surface area contributed by atoms with Gasteiger partial charge in [-0.2, -0.15) is 0 Å². The fourth-order valence-corrected chi connectivity index (χ4v) is 3.46. The Balaban J connectivity index is 2.46. The smallest absolute Gasteiger partial charge is 0.267 e. The molecule has 0 unspecified atom stereocenters. The van der Waals surface area contributed by atoms with Crippen molar-refractivity contribution in [3.63, 3.8) is 0 Å². The van der Waals surface area contributed by atoms with Crippen LogP contribution in [0.4, 0.5) is 4.39 Å². The van der Waals surface area contributed by atoms with Gasteiger partial charge in [-0.1, -0.05) is 62.7 Å². The van der Waals surface area contributed by atoms with Crippen LogP contribution in [0.2, 0.25) is 5.02 Å². The number of nitrogens with zero attached hydrogens (tertiary/aromatic N) is 1. The van der Waals surface area contributed by atoms with Crippen molar-refractivity contribution in [2.24, 2.45) is 0 Å². The van der Waals surface area contributed by atoms with Crippen LogP contribution in [0, 0.1) is 5.82 Å². The van der Waals surface area contributed by atoms with E-state index in [1.165, 1.54) is 28.8 Å². The third kappa shape index (κ3) is 3.13. The zero-order valence-electron chi connectivity index (χ0n) is 14.8. The Hall–Kier alpha value is -2.59. The average molecular weight is 372 g/mol. The van der Waals surface area contributed by atoms with E-state index in [9.17, 15) is 14.3 Å². The van der Waals surface area contributed by atoms with Crippen molar-refractivity contribution in [2.45, 2.75) is 26.2 Å². The predicted octanol–water partition coefficient (Wildman–Crippen LogP) is 5.30. The maximum absolute atomic E-state index is 13.4. The molecule has 134 valence electrons. The molecule has 0 spiro atoms.